The van der Waals surface area contributed by atoms with E-state index in [-0.39, 0.29) is 47.4 Å². The molecule has 0 heterocycles. The second-order valence-electron chi connectivity index (χ2n) is 21.3. The molecule has 61 heavy (non-hydrogen) atoms. The van der Waals surface area contributed by atoms with Gasteiger partial charge in [0.1, 0.15) is 18.1 Å². The second kappa shape index (κ2) is 26.6. The number of allylic oxidation sites excluding steroid dienone is 2. The van der Waals surface area contributed by atoms with Gasteiger partial charge in [0.25, 0.3) is 0 Å². The van der Waals surface area contributed by atoms with Crippen LogP contribution < -0.4 is 4.74 Å². The molecule has 1 aliphatic carbocycles. The maximum Gasteiger partial charge on any atom is 0.308 e. The second-order valence-corrected chi connectivity index (χ2v) is 32.9. The molecule has 1 aromatic rings. The number of carbonyl (C=O) groups is 2. The van der Waals surface area contributed by atoms with Crippen molar-refractivity contribution in [2.24, 2.45) is 35.5 Å². The molecule has 0 aliphatic heterocycles. The average molecular weight is 997 g/mol. The van der Waals surface area contributed by atoms with Crippen molar-refractivity contribution < 1.29 is 32.7 Å². The van der Waals surface area contributed by atoms with Gasteiger partial charge in [-0.2, -0.15) is 0 Å². The number of hydrogen-bond donors (Lipinski definition) is 0. The van der Waals surface area contributed by atoms with Gasteiger partial charge in [-0.25, -0.2) is 0 Å². The number of methoxy groups -OCH3 is 1. The molecule has 0 aromatic heterocycles. The predicted molar refractivity (Wildman–Crippen MR) is 269 cm³/mol. The van der Waals surface area contributed by atoms with Crippen LogP contribution in [0.15, 0.2) is 46.1 Å². The molecule has 2 rings (SSSR count). The van der Waals surface area contributed by atoms with E-state index in [2.05, 4.69) is 149 Å². The molecule has 10 heteroatoms. The van der Waals surface area contributed by atoms with Crippen LogP contribution in [0.1, 0.15) is 147 Å². The molecular weight excluding hydrogens is 908 g/mol. The summed E-state index contributed by atoms with van der Waals surface area (Å²) in [5.41, 5.74) is 2.72. The molecule has 1 fully saturated rings. The summed E-state index contributed by atoms with van der Waals surface area (Å²) in [6, 6.07) is 8.04. The van der Waals surface area contributed by atoms with Gasteiger partial charge >= 0.3 is 5.97 Å². The fourth-order valence-electron chi connectivity index (χ4n) is 9.90. The van der Waals surface area contributed by atoms with Crippen LogP contribution in [-0.4, -0.2) is 61.4 Å². The van der Waals surface area contributed by atoms with Crippen LogP contribution in [0.2, 0.25) is 34.8 Å². The first-order valence-electron chi connectivity index (χ1n) is 23.7. The summed E-state index contributed by atoms with van der Waals surface area (Å²) < 4.78 is 33.5. The Morgan fingerprint density at radius 1 is 0.885 bits per heavy atom. The van der Waals surface area contributed by atoms with E-state index in [1.165, 1.54) is 3.58 Å². The Hall–Kier alpha value is -1.32. The maximum atomic E-state index is 14.3. The van der Waals surface area contributed by atoms with Crippen molar-refractivity contribution in [3.63, 3.8) is 0 Å². The molecule has 0 saturated heterocycles. The summed E-state index contributed by atoms with van der Waals surface area (Å²) >= 11 is 2.42. The zero-order valence-electron chi connectivity index (χ0n) is 41.5. The Morgan fingerprint density at radius 2 is 1.49 bits per heavy atom. The van der Waals surface area contributed by atoms with Crippen LogP contribution in [0.5, 0.6) is 5.75 Å². The van der Waals surface area contributed by atoms with E-state index in [0.29, 0.717) is 60.6 Å². The highest BCUT2D eigenvalue weighted by atomic mass is 127. The van der Waals surface area contributed by atoms with E-state index in [9.17, 15) is 9.59 Å². The minimum Gasteiger partial charge on any atom is -0.497 e. The van der Waals surface area contributed by atoms with Gasteiger partial charge in [-0.15, -0.1) is 0 Å². The fourth-order valence-corrected chi connectivity index (χ4v) is 17.4. The van der Waals surface area contributed by atoms with Crippen LogP contribution in [0.25, 0.3) is 0 Å². The lowest BCUT2D eigenvalue weighted by atomic mass is 9.84. The van der Waals surface area contributed by atoms with Crippen LogP contribution in [0, 0.1) is 35.5 Å². The third-order valence-corrected chi connectivity index (χ3v) is 25.3. The number of carbonyl (C=O) groups excluding carboxylic acids is 2. The Morgan fingerprint density at radius 3 is 2.05 bits per heavy atom. The Kier molecular flexibility index (Phi) is 24.3. The summed E-state index contributed by atoms with van der Waals surface area (Å²) in [6.07, 6.45) is 14.0. The fraction of sp³-hybridized carbons (Fsp3) is 0.765. The van der Waals surface area contributed by atoms with Crippen molar-refractivity contribution >= 4 is 51.5 Å². The molecule has 1 aromatic carbocycles. The Labute approximate surface area is 390 Å². The number of aldehydes is 1. The van der Waals surface area contributed by atoms with E-state index in [4.69, 9.17) is 23.1 Å². The summed E-state index contributed by atoms with van der Waals surface area (Å²) in [4.78, 5) is 25.7. The topological polar surface area (TPSA) is 80.3 Å². The van der Waals surface area contributed by atoms with Gasteiger partial charge in [0.05, 0.1) is 39.5 Å². The molecule has 350 valence electrons. The molecule has 8 atom stereocenters. The first-order valence-corrected chi connectivity index (χ1v) is 29.8. The summed E-state index contributed by atoms with van der Waals surface area (Å²) in [5, 5.41) is 0.00824. The molecule has 0 bridgehead atoms. The van der Waals surface area contributed by atoms with E-state index in [1.54, 1.807) is 7.11 Å². The standard InChI is InChI=1S/C51H89IO7Si2/c1-36(2)61(37(3)4,38(5)6)57-35-45(52)21-17-18-23-48(47-22-19-20-44(47)34-56-33-43-24-26-46(55-14)27-25-43)58-50(54)31-49(59-60(15,16)51(11,12)13)42(10)30-40(8)28-39(7)29-41(9)32-53/h17-18,21,24-27,32,36-42,44,47-49H,19-20,22-23,28-31,33-35H2,1-16H3/b18-17+,45-21-/t39-,40+,41+,42+,44+,47-,48+,49+/m1/s1. The summed E-state index contributed by atoms with van der Waals surface area (Å²) in [5.74, 6) is 2.33. The van der Waals surface area contributed by atoms with Gasteiger partial charge in [-0.3, -0.25) is 4.79 Å². The highest BCUT2D eigenvalue weighted by Gasteiger charge is 2.45. The lowest BCUT2D eigenvalue weighted by Crippen LogP contribution is -2.48. The third kappa shape index (κ3) is 18.2. The van der Waals surface area contributed by atoms with Crippen LogP contribution in [-0.2, 0) is 34.5 Å². The molecule has 0 amide bonds. The number of benzene rings is 1. The van der Waals surface area contributed by atoms with Crippen molar-refractivity contribution in [2.45, 2.75) is 195 Å². The van der Waals surface area contributed by atoms with Crippen molar-refractivity contribution in [1.82, 2.24) is 0 Å². The van der Waals surface area contributed by atoms with Crippen LogP contribution in [0.4, 0.5) is 0 Å². The van der Waals surface area contributed by atoms with E-state index in [0.717, 1.165) is 56.1 Å². The molecule has 0 spiro atoms. The monoisotopic (exact) mass is 997 g/mol. The highest BCUT2D eigenvalue weighted by Crippen LogP contribution is 2.43. The lowest BCUT2D eigenvalue weighted by Gasteiger charge is -2.42. The Balaban J connectivity index is 2.33. The van der Waals surface area contributed by atoms with Gasteiger partial charge in [0, 0.05) is 21.8 Å². The number of rotatable bonds is 28. The Bertz CT molecular complexity index is 1460. The summed E-state index contributed by atoms with van der Waals surface area (Å²) in [7, 11) is -2.50. The zero-order valence-corrected chi connectivity index (χ0v) is 45.6. The van der Waals surface area contributed by atoms with Gasteiger partial charge < -0.3 is 27.9 Å². The highest BCUT2D eigenvalue weighted by molar-refractivity contribution is 14.1. The van der Waals surface area contributed by atoms with Crippen LogP contribution in [0.3, 0.4) is 0 Å². The maximum absolute atomic E-state index is 14.3. The SMILES string of the molecule is COc1ccc(COC[C@@H]2CCC[C@H]2[C@H](C/C=C/C=C(\I)CO[Si](C(C)C)(C(C)C)C(C)C)OC(=O)C[C@H](O[Si](C)(C)C(C)(C)C)[C@@H](C)C[C@@H](C)C[C@@H](C)C[C@H](C)C=O)cc1. The van der Waals surface area contributed by atoms with E-state index in [1.807, 2.05) is 19.1 Å². The minimum atomic E-state index is -2.20. The van der Waals surface area contributed by atoms with Crippen molar-refractivity contribution in [1.29, 1.82) is 0 Å². The van der Waals surface area contributed by atoms with Gasteiger partial charge in [0.2, 0.25) is 8.32 Å². The average Bonchev–Trinajstić information content (AvgIpc) is 3.63. The first-order chi connectivity index (χ1) is 28.5. The van der Waals surface area contributed by atoms with E-state index < -0.39 is 16.6 Å². The minimum absolute atomic E-state index is 0.00824. The van der Waals surface area contributed by atoms with Crippen LogP contribution >= 0.6 is 22.6 Å². The van der Waals surface area contributed by atoms with Crippen molar-refractivity contribution in [3.8, 4) is 5.75 Å². The molecule has 1 saturated carbocycles. The zero-order chi connectivity index (χ0) is 46.1. The molecule has 7 nitrogen and oxygen atoms in total. The number of hydrogen-bond acceptors (Lipinski definition) is 7. The largest absolute Gasteiger partial charge is 0.497 e. The van der Waals surface area contributed by atoms with Gasteiger partial charge in [-0.1, -0.05) is 127 Å². The normalized spacial score (nSPS) is 20.0. The third-order valence-electron chi connectivity index (χ3n) is 14.0. The first kappa shape index (κ1) is 55.8. The number of ether oxygens (including phenoxy) is 3. The quantitative estimate of drug-likeness (QED) is 0.0272. The lowest BCUT2D eigenvalue weighted by molar-refractivity contribution is -0.155. The predicted octanol–water partition coefficient (Wildman–Crippen LogP) is 14.7. The van der Waals surface area contributed by atoms with Gasteiger partial charge in [-0.05, 0) is 131 Å². The molecule has 0 radical (unpaired) electrons. The molecule has 0 unspecified atom stereocenters. The smallest absolute Gasteiger partial charge is 0.308 e. The van der Waals surface area contributed by atoms with Gasteiger partial charge in [0.15, 0.2) is 8.32 Å². The molecular formula is C51H89IO7Si2. The molecule has 1 aliphatic rings. The van der Waals surface area contributed by atoms with Crippen molar-refractivity contribution in [2.75, 3.05) is 20.3 Å². The number of esters is 1. The van der Waals surface area contributed by atoms with Crippen molar-refractivity contribution in [3.05, 3.63) is 51.6 Å². The molecule has 0 N–H and O–H groups in total. The number of halogens is 1. The summed E-state index contributed by atoms with van der Waals surface area (Å²) in [6.45, 7) is 35.9. The van der Waals surface area contributed by atoms with E-state index >= 15 is 0 Å².